The summed E-state index contributed by atoms with van der Waals surface area (Å²) in [5.74, 6) is 0.0133. The molecule has 4 heteroatoms. The van der Waals surface area contributed by atoms with E-state index in [-0.39, 0.29) is 23.8 Å². The molecule has 0 aromatic heterocycles. The molecule has 4 nitrogen and oxygen atoms in total. The smallest absolute Gasteiger partial charge is 0.223 e. The van der Waals surface area contributed by atoms with Crippen LogP contribution in [0.2, 0.25) is 0 Å². The van der Waals surface area contributed by atoms with Crippen molar-refractivity contribution in [3.05, 3.63) is 0 Å². The highest BCUT2D eigenvalue weighted by atomic mass is 16.1. The van der Waals surface area contributed by atoms with Crippen molar-refractivity contribution in [2.24, 2.45) is 11.8 Å². The number of hydrogen-bond acceptors (Lipinski definition) is 3. The third kappa shape index (κ3) is 2.46. The predicted molar refractivity (Wildman–Crippen MR) is 53.4 cm³/mol. The summed E-state index contributed by atoms with van der Waals surface area (Å²) in [6, 6.07) is 2.19. The lowest BCUT2D eigenvalue weighted by Gasteiger charge is -2.17. The Bertz CT molecular complexity index is 246. The fourth-order valence-electron chi connectivity index (χ4n) is 1.48. The first-order valence-electron chi connectivity index (χ1n) is 5.09. The molecule has 14 heavy (non-hydrogen) atoms. The second-order valence-electron chi connectivity index (χ2n) is 3.82. The van der Waals surface area contributed by atoms with Crippen molar-refractivity contribution in [1.82, 2.24) is 10.6 Å². The molecule has 0 bridgehead atoms. The normalized spacial score (nSPS) is 28.1. The fraction of sp³-hybridized carbons (Fsp3) is 0.800. The van der Waals surface area contributed by atoms with Crippen molar-refractivity contribution in [3.63, 3.8) is 0 Å². The quantitative estimate of drug-likeness (QED) is 0.679. The Balaban J connectivity index is 2.44. The van der Waals surface area contributed by atoms with Gasteiger partial charge in [0, 0.05) is 19.0 Å². The number of amides is 1. The van der Waals surface area contributed by atoms with E-state index >= 15 is 0 Å². The van der Waals surface area contributed by atoms with Gasteiger partial charge in [0.1, 0.15) is 0 Å². The molecule has 0 saturated carbocycles. The number of nitriles is 1. The largest absolute Gasteiger partial charge is 0.350 e. The topological polar surface area (TPSA) is 64.9 Å². The Kier molecular flexibility index (Phi) is 3.90. The Labute approximate surface area is 84.7 Å². The zero-order chi connectivity index (χ0) is 10.6. The van der Waals surface area contributed by atoms with Crippen LogP contribution in [0.25, 0.3) is 0 Å². The van der Waals surface area contributed by atoms with Gasteiger partial charge in [-0.2, -0.15) is 5.26 Å². The Morgan fingerprint density at radius 3 is 3.00 bits per heavy atom. The van der Waals surface area contributed by atoms with Crippen LogP contribution in [-0.4, -0.2) is 25.0 Å². The van der Waals surface area contributed by atoms with Gasteiger partial charge in [-0.05, 0) is 6.42 Å². The van der Waals surface area contributed by atoms with Crippen LogP contribution < -0.4 is 10.6 Å². The van der Waals surface area contributed by atoms with Crippen LogP contribution >= 0.6 is 0 Å². The highest BCUT2D eigenvalue weighted by Crippen LogP contribution is 2.09. The van der Waals surface area contributed by atoms with Crippen LogP contribution in [0.15, 0.2) is 0 Å². The maximum Gasteiger partial charge on any atom is 0.223 e. The molecule has 1 aliphatic heterocycles. The van der Waals surface area contributed by atoms with Crippen LogP contribution in [-0.2, 0) is 4.79 Å². The van der Waals surface area contributed by atoms with Crippen LogP contribution in [0.3, 0.4) is 0 Å². The highest BCUT2D eigenvalue weighted by molar-refractivity contribution is 5.78. The number of carbonyl (C=O) groups is 1. The van der Waals surface area contributed by atoms with E-state index in [1.807, 2.05) is 13.8 Å². The molecule has 1 fully saturated rings. The molecule has 78 valence electrons. The van der Waals surface area contributed by atoms with Gasteiger partial charge in [0.15, 0.2) is 0 Å². The minimum absolute atomic E-state index is 0.0125. The Hall–Kier alpha value is -1.08. The molecule has 0 aromatic rings. The summed E-state index contributed by atoms with van der Waals surface area (Å²) in [4.78, 5) is 11.5. The van der Waals surface area contributed by atoms with Gasteiger partial charge in [-0.3, -0.25) is 4.79 Å². The molecular weight excluding hydrogens is 178 g/mol. The number of carbonyl (C=O) groups excluding carboxylic acids is 1. The van der Waals surface area contributed by atoms with Crippen molar-refractivity contribution in [1.29, 1.82) is 5.26 Å². The summed E-state index contributed by atoms with van der Waals surface area (Å²) >= 11 is 0. The van der Waals surface area contributed by atoms with Gasteiger partial charge in [0.25, 0.3) is 0 Å². The second kappa shape index (κ2) is 4.97. The van der Waals surface area contributed by atoms with E-state index in [1.165, 1.54) is 0 Å². The van der Waals surface area contributed by atoms with Crippen molar-refractivity contribution >= 4 is 5.91 Å². The van der Waals surface area contributed by atoms with Gasteiger partial charge >= 0.3 is 0 Å². The summed E-state index contributed by atoms with van der Waals surface area (Å²) in [6.45, 7) is 5.28. The summed E-state index contributed by atoms with van der Waals surface area (Å²) < 4.78 is 0. The monoisotopic (exact) mass is 195 g/mol. The number of nitrogens with one attached hydrogen (secondary N) is 2. The lowest BCUT2D eigenvalue weighted by atomic mass is 10.0. The SMILES string of the molecule is CCC(C)C(=O)NC1CNCC1C#N. The molecule has 0 spiro atoms. The van der Waals surface area contributed by atoms with E-state index in [4.69, 9.17) is 5.26 Å². The van der Waals surface area contributed by atoms with Crippen LogP contribution in [0.1, 0.15) is 20.3 Å². The van der Waals surface area contributed by atoms with Gasteiger partial charge in [0.05, 0.1) is 18.0 Å². The van der Waals surface area contributed by atoms with Gasteiger partial charge < -0.3 is 10.6 Å². The number of nitrogens with zero attached hydrogens (tertiary/aromatic N) is 1. The Morgan fingerprint density at radius 1 is 1.71 bits per heavy atom. The number of hydrogen-bond donors (Lipinski definition) is 2. The first-order chi connectivity index (χ1) is 6.69. The van der Waals surface area contributed by atoms with Crippen LogP contribution in [0.5, 0.6) is 0 Å². The van der Waals surface area contributed by atoms with Gasteiger partial charge in [-0.1, -0.05) is 13.8 Å². The zero-order valence-electron chi connectivity index (χ0n) is 8.71. The molecule has 1 rings (SSSR count). The minimum Gasteiger partial charge on any atom is -0.350 e. The van der Waals surface area contributed by atoms with Crippen LogP contribution in [0, 0.1) is 23.2 Å². The third-order valence-electron chi connectivity index (χ3n) is 2.77. The first kappa shape index (κ1) is 11.0. The lowest BCUT2D eigenvalue weighted by Crippen LogP contribution is -2.42. The molecule has 3 unspecified atom stereocenters. The maximum atomic E-state index is 11.5. The van der Waals surface area contributed by atoms with Gasteiger partial charge in [0.2, 0.25) is 5.91 Å². The molecule has 1 saturated heterocycles. The Morgan fingerprint density at radius 2 is 2.43 bits per heavy atom. The third-order valence-corrected chi connectivity index (χ3v) is 2.77. The summed E-state index contributed by atoms with van der Waals surface area (Å²) in [5, 5.41) is 14.8. The lowest BCUT2D eigenvalue weighted by molar-refractivity contribution is -0.125. The predicted octanol–water partition coefficient (Wildman–Crippen LogP) is 0.260. The zero-order valence-corrected chi connectivity index (χ0v) is 8.71. The average Bonchev–Trinajstić information content (AvgIpc) is 2.63. The summed E-state index contributed by atoms with van der Waals surface area (Å²) in [5.41, 5.74) is 0. The molecule has 1 aliphatic rings. The first-order valence-corrected chi connectivity index (χ1v) is 5.09. The minimum atomic E-state index is -0.0805. The molecule has 2 N–H and O–H groups in total. The molecular formula is C10H17N3O. The van der Waals surface area contributed by atoms with E-state index in [0.717, 1.165) is 6.42 Å². The van der Waals surface area contributed by atoms with E-state index in [9.17, 15) is 4.79 Å². The summed E-state index contributed by atoms with van der Waals surface area (Å²) in [6.07, 6.45) is 0.837. The van der Waals surface area contributed by atoms with Crippen molar-refractivity contribution < 1.29 is 4.79 Å². The number of rotatable bonds is 3. The molecule has 1 amide bonds. The second-order valence-corrected chi connectivity index (χ2v) is 3.82. The standard InChI is InChI=1S/C10H17N3O/c1-3-7(2)10(14)13-9-6-12-5-8(9)4-11/h7-9,12H,3,5-6H2,1-2H3,(H,13,14). The molecule has 0 aromatic carbocycles. The van der Waals surface area contributed by atoms with Crippen molar-refractivity contribution in [3.8, 4) is 6.07 Å². The molecule has 0 radical (unpaired) electrons. The molecule has 1 heterocycles. The fourth-order valence-corrected chi connectivity index (χ4v) is 1.48. The van der Waals surface area contributed by atoms with E-state index in [0.29, 0.717) is 13.1 Å². The van der Waals surface area contributed by atoms with E-state index in [2.05, 4.69) is 16.7 Å². The molecule has 0 aliphatic carbocycles. The summed E-state index contributed by atoms with van der Waals surface area (Å²) in [7, 11) is 0. The van der Waals surface area contributed by atoms with Gasteiger partial charge in [-0.15, -0.1) is 0 Å². The average molecular weight is 195 g/mol. The maximum absolute atomic E-state index is 11.5. The van der Waals surface area contributed by atoms with Crippen LogP contribution in [0.4, 0.5) is 0 Å². The molecule has 3 atom stereocenters. The van der Waals surface area contributed by atoms with Gasteiger partial charge in [-0.25, -0.2) is 0 Å². The highest BCUT2D eigenvalue weighted by Gasteiger charge is 2.28. The van der Waals surface area contributed by atoms with Crippen molar-refractivity contribution in [2.75, 3.05) is 13.1 Å². The van der Waals surface area contributed by atoms with E-state index < -0.39 is 0 Å². The van der Waals surface area contributed by atoms with E-state index in [1.54, 1.807) is 0 Å². The van der Waals surface area contributed by atoms with Crippen molar-refractivity contribution in [2.45, 2.75) is 26.3 Å².